The lowest BCUT2D eigenvalue weighted by molar-refractivity contribution is 0.0548. The third kappa shape index (κ3) is 3.59. The van der Waals surface area contributed by atoms with Gasteiger partial charge in [0.25, 0.3) is 0 Å². The summed E-state index contributed by atoms with van der Waals surface area (Å²) in [6, 6.07) is 10.6. The zero-order valence-corrected chi connectivity index (χ0v) is 15.0. The predicted octanol–water partition coefficient (Wildman–Crippen LogP) is 3.80. The molecular weight excluding hydrogens is 318 g/mol. The second kappa shape index (κ2) is 6.89. The third-order valence-corrected chi connectivity index (χ3v) is 5.08. The standard InChI is InChI=1S/C19H23N3OS/c1-14(21-13-19(3,23)17-8-11-24-12-17)16-4-6-18(7-5-16)22-10-9-20-15(22)2/h4-12,14,21,23H,13H2,1-3H3. The lowest BCUT2D eigenvalue weighted by atomic mass is 9.98. The average molecular weight is 341 g/mol. The number of thiophene rings is 1. The molecule has 0 radical (unpaired) electrons. The Morgan fingerprint density at radius 2 is 2.04 bits per heavy atom. The van der Waals surface area contributed by atoms with Gasteiger partial charge in [0.15, 0.2) is 0 Å². The molecule has 0 bridgehead atoms. The van der Waals surface area contributed by atoms with Gasteiger partial charge in [0, 0.05) is 30.7 Å². The Labute approximate surface area is 146 Å². The molecule has 0 fully saturated rings. The van der Waals surface area contributed by atoms with Crippen LogP contribution < -0.4 is 5.32 Å². The van der Waals surface area contributed by atoms with Crippen LogP contribution in [-0.2, 0) is 5.60 Å². The van der Waals surface area contributed by atoms with E-state index in [1.54, 1.807) is 17.5 Å². The normalized spacial score (nSPS) is 15.2. The van der Waals surface area contributed by atoms with Crippen LogP contribution >= 0.6 is 11.3 Å². The number of aryl methyl sites for hydroxylation is 1. The maximum Gasteiger partial charge on any atom is 0.110 e. The summed E-state index contributed by atoms with van der Waals surface area (Å²) in [5.74, 6) is 0.973. The van der Waals surface area contributed by atoms with E-state index in [4.69, 9.17) is 0 Å². The maximum atomic E-state index is 10.6. The summed E-state index contributed by atoms with van der Waals surface area (Å²) in [7, 11) is 0. The average Bonchev–Trinajstić information content (AvgIpc) is 3.25. The van der Waals surface area contributed by atoms with Crippen molar-refractivity contribution in [2.75, 3.05) is 6.54 Å². The molecule has 0 spiro atoms. The predicted molar refractivity (Wildman–Crippen MR) is 98.6 cm³/mol. The minimum absolute atomic E-state index is 0.160. The lowest BCUT2D eigenvalue weighted by Gasteiger charge is -2.25. The van der Waals surface area contributed by atoms with Crippen molar-refractivity contribution in [2.24, 2.45) is 0 Å². The fourth-order valence-corrected chi connectivity index (χ4v) is 3.50. The highest BCUT2D eigenvalue weighted by Gasteiger charge is 2.24. The van der Waals surface area contributed by atoms with Crippen LogP contribution in [0, 0.1) is 6.92 Å². The van der Waals surface area contributed by atoms with Crippen LogP contribution in [0.2, 0.25) is 0 Å². The Bertz CT molecular complexity index is 775. The summed E-state index contributed by atoms with van der Waals surface area (Å²) >= 11 is 1.60. The van der Waals surface area contributed by atoms with Crippen molar-refractivity contribution >= 4 is 11.3 Å². The van der Waals surface area contributed by atoms with E-state index in [2.05, 4.69) is 46.1 Å². The lowest BCUT2D eigenvalue weighted by Crippen LogP contribution is -2.36. The van der Waals surface area contributed by atoms with Crippen molar-refractivity contribution in [3.8, 4) is 5.69 Å². The molecule has 3 aromatic rings. The van der Waals surface area contributed by atoms with Gasteiger partial charge in [-0.2, -0.15) is 11.3 Å². The molecule has 126 valence electrons. The van der Waals surface area contributed by atoms with Gasteiger partial charge < -0.3 is 15.0 Å². The fourth-order valence-electron chi connectivity index (χ4n) is 2.72. The Morgan fingerprint density at radius 1 is 1.29 bits per heavy atom. The molecule has 0 saturated carbocycles. The van der Waals surface area contributed by atoms with Crippen molar-refractivity contribution < 1.29 is 5.11 Å². The quantitative estimate of drug-likeness (QED) is 0.717. The zero-order valence-electron chi connectivity index (χ0n) is 14.2. The van der Waals surface area contributed by atoms with Gasteiger partial charge >= 0.3 is 0 Å². The molecular formula is C19H23N3OS. The highest BCUT2D eigenvalue weighted by atomic mass is 32.1. The van der Waals surface area contributed by atoms with Crippen LogP contribution in [-0.4, -0.2) is 21.2 Å². The van der Waals surface area contributed by atoms with Gasteiger partial charge in [-0.1, -0.05) is 12.1 Å². The molecule has 0 amide bonds. The summed E-state index contributed by atoms with van der Waals surface area (Å²) in [5.41, 5.74) is 2.39. The number of rotatable bonds is 6. The highest BCUT2D eigenvalue weighted by molar-refractivity contribution is 7.08. The van der Waals surface area contributed by atoms with E-state index < -0.39 is 5.60 Å². The number of aromatic nitrogens is 2. The largest absolute Gasteiger partial charge is 0.384 e. The van der Waals surface area contributed by atoms with E-state index in [9.17, 15) is 5.11 Å². The fraction of sp³-hybridized carbons (Fsp3) is 0.316. The Hall–Kier alpha value is -1.95. The van der Waals surface area contributed by atoms with Gasteiger partial charge in [0.1, 0.15) is 11.4 Å². The van der Waals surface area contributed by atoms with Gasteiger partial charge in [-0.15, -0.1) is 0 Å². The van der Waals surface area contributed by atoms with Crippen molar-refractivity contribution in [3.63, 3.8) is 0 Å². The molecule has 1 aromatic carbocycles. The monoisotopic (exact) mass is 341 g/mol. The molecule has 3 rings (SSSR count). The number of hydrogen-bond donors (Lipinski definition) is 2. The maximum absolute atomic E-state index is 10.6. The van der Waals surface area contributed by atoms with Crippen molar-refractivity contribution in [3.05, 3.63) is 70.4 Å². The minimum atomic E-state index is -0.859. The van der Waals surface area contributed by atoms with E-state index in [0.29, 0.717) is 6.54 Å². The number of imidazole rings is 1. The smallest absolute Gasteiger partial charge is 0.110 e. The number of benzene rings is 1. The molecule has 5 heteroatoms. The first-order chi connectivity index (χ1) is 11.5. The molecule has 2 aromatic heterocycles. The molecule has 2 unspecified atom stereocenters. The highest BCUT2D eigenvalue weighted by Crippen LogP contribution is 2.24. The summed E-state index contributed by atoms with van der Waals surface area (Å²) in [6.07, 6.45) is 3.77. The summed E-state index contributed by atoms with van der Waals surface area (Å²) in [6.45, 7) is 6.46. The van der Waals surface area contributed by atoms with E-state index in [-0.39, 0.29) is 6.04 Å². The second-order valence-corrected chi connectivity index (χ2v) is 7.10. The van der Waals surface area contributed by atoms with Gasteiger partial charge in [0.2, 0.25) is 0 Å². The number of aliphatic hydroxyl groups is 1. The van der Waals surface area contributed by atoms with Gasteiger partial charge in [-0.05, 0) is 60.9 Å². The van der Waals surface area contributed by atoms with E-state index in [1.807, 2.05) is 36.9 Å². The Morgan fingerprint density at radius 3 is 2.62 bits per heavy atom. The van der Waals surface area contributed by atoms with E-state index in [1.165, 1.54) is 5.56 Å². The third-order valence-electron chi connectivity index (χ3n) is 4.39. The van der Waals surface area contributed by atoms with Crippen molar-refractivity contribution in [1.82, 2.24) is 14.9 Å². The topological polar surface area (TPSA) is 50.1 Å². The van der Waals surface area contributed by atoms with Gasteiger partial charge in [-0.3, -0.25) is 0 Å². The molecule has 0 aliphatic heterocycles. The van der Waals surface area contributed by atoms with Crippen molar-refractivity contribution in [1.29, 1.82) is 0 Å². The van der Waals surface area contributed by atoms with Crippen LogP contribution in [0.3, 0.4) is 0 Å². The van der Waals surface area contributed by atoms with Crippen LogP contribution in [0.4, 0.5) is 0 Å². The van der Waals surface area contributed by atoms with Crippen molar-refractivity contribution in [2.45, 2.75) is 32.4 Å². The molecule has 0 aliphatic carbocycles. The summed E-state index contributed by atoms with van der Waals surface area (Å²) in [4.78, 5) is 4.26. The molecule has 0 aliphatic rings. The minimum Gasteiger partial charge on any atom is -0.384 e. The van der Waals surface area contributed by atoms with Crippen LogP contribution in [0.5, 0.6) is 0 Å². The second-order valence-electron chi connectivity index (χ2n) is 6.32. The first kappa shape index (κ1) is 16.9. The molecule has 2 heterocycles. The first-order valence-corrected chi connectivity index (χ1v) is 9.00. The Kier molecular flexibility index (Phi) is 4.85. The van der Waals surface area contributed by atoms with Crippen LogP contribution in [0.25, 0.3) is 5.69 Å². The van der Waals surface area contributed by atoms with Crippen LogP contribution in [0.1, 0.15) is 36.8 Å². The van der Waals surface area contributed by atoms with E-state index in [0.717, 1.165) is 17.1 Å². The number of nitrogens with zero attached hydrogens (tertiary/aromatic N) is 2. The molecule has 2 N–H and O–H groups in total. The van der Waals surface area contributed by atoms with Gasteiger partial charge in [-0.25, -0.2) is 4.98 Å². The summed E-state index contributed by atoms with van der Waals surface area (Å²) in [5, 5.41) is 18.0. The molecule has 0 saturated heterocycles. The number of hydrogen-bond acceptors (Lipinski definition) is 4. The number of nitrogens with one attached hydrogen (secondary N) is 1. The summed E-state index contributed by atoms with van der Waals surface area (Å²) < 4.78 is 2.06. The molecule has 4 nitrogen and oxygen atoms in total. The van der Waals surface area contributed by atoms with E-state index >= 15 is 0 Å². The van der Waals surface area contributed by atoms with Crippen LogP contribution in [0.15, 0.2) is 53.5 Å². The SMILES string of the molecule is Cc1nccn1-c1ccc(C(C)NCC(C)(O)c2ccsc2)cc1. The molecule has 2 atom stereocenters. The molecule has 24 heavy (non-hydrogen) atoms. The first-order valence-electron chi connectivity index (χ1n) is 8.06. The Balaban J connectivity index is 1.65. The van der Waals surface area contributed by atoms with Gasteiger partial charge in [0.05, 0.1) is 0 Å². The zero-order chi connectivity index (χ0) is 17.2.